The smallest absolute Gasteiger partial charge is 0.247 e. The maximum atomic E-state index is 13.0. The van der Waals surface area contributed by atoms with Crippen LogP contribution in [0.2, 0.25) is 0 Å². The topological polar surface area (TPSA) is 64.8 Å². The Balaban J connectivity index is 1.71. The fourth-order valence-corrected chi connectivity index (χ4v) is 3.48. The van der Waals surface area contributed by atoms with Crippen molar-refractivity contribution in [1.29, 1.82) is 0 Å². The van der Waals surface area contributed by atoms with E-state index in [-0.39, 0.29) is 11.9 Å². The Morgan fingerprint density at radius 2 is 1.91 bits per heavy atom. The minimum Gasteiger partial charge on any atom is -0.493 e. The molecule has 3 aromatic rings. The SMILES string of the molecule is CCC(C)N(Cc1ccccc1)C(=O)/C=C/c1ccc(OCc2c(C)noc2C)c(OC)c1. The second-order valence-corrected chi connectivity index (χ2v) is 8.04. The lowest BCUT2D eigenvalue weighted by Gasteiger charge is -2.27. The van der Waals surface area contributed by atoms with Gasteiger partial charge in [-0.15, -0.1) is 0 Å². The van der Waals surface area contributed by atoms with Gasteiger partial charge in [0.2, 0.25) is 5.91 Å². The first kappa shape index (κ1) is 24.1. The number of ether oxygens (including phenoxy) is 2. The first-order valence-electron chi connectivity index (χ1n) is 11.2. The highest BCUT2D eigenvalue weighted by atomic mass is 16.5. The van der Waals surface area contributed by atoms with Crippen molar-refractivity contribution in [3.05, 3.63) is 82.8 Å². The molecule has 0 radical (unpaired) electrons. The van der Waals surface area contributed by atoms with Crippen LogP contribution in [0.25, 0.3) is 6.08 Å². The maximum absolute atomic E-state index is 13.0. The van der Waals surface area contributed by atoms with Crippen molar-refractivity contribution in [2.45, 2.75) is 53.3 Å². The first-order chi connectivity index (χ1) is 15.9. The zero-order chi connectivity index (χ0) is 23.8. The Hall–Kier alpha value is -3.54. The minimum absolute atomic E-state index is 0.0223. The first-order valence-corrected chi connectivity index (χ1v) is 11.2. The van der Waals surface area contributed by atoms with E-state index in [1.54, 1.807) is 13.2 Å². The molecule has 0 spiro atoms. The fourth-order valence-electron chi connectivity index (χ4n) is 3.48. The molecule has 1 aromatic heterocycles. The maximum Gasteiger partial charge on any atom is 0.247 e. The number of rotatable bonds is 10. The molecule has 6 heteroatoms. The van der Waals surface area contributed by atoms with Crippen LogP contribution >= 0.6 is 0 Å². The lowest BCUT2D eigenvalue weighted by atomic mass is 10.1. The molecule has 0 aliphatic carbocycles. The molecule has 0 aliphatic rings. The van der Waals surface area contributed by atoms with Crippen LogP contribution in [0, 0.1) is 13.8 Å². The molecule has 0 saturated carbocycles. The molecule has 33 heavy (non-hydrogen) atoms. The van der Waals surface area contributed by atoms with Gasteiger partial charge in [-0.05, 0) is 56.5 Å². The molecule has 0 fully saturated rings. The van der Waals surface area contributed by atoms with Crippen LogP contribution in [0.1, 0.15) is 48.4 Å². The standard InChI is InChI=1S/C27H32N2O4/c1-6-19(2)29(17-23-10-8-7-9-11-23)27(30)15-13-22-12-14-25(26(16-22)31-5)32-18-24-20(3)28-33-21(24)4/h7-16,19H,6,17-18H2,1-5H3/b15-13+. The van der Waals surface area contributed by atoms with Crippen molar-refractivity contribution < 1.29 is 18.8 Å². The third kappa shape index (κ3) is 6.25. The third-order valence-corrected chi connectivity index (χ3v) is 5.76. The predicted molar refractivity (Wildman–Crippen MR) is 129 cm³/mol. The second kappa shape index (κ2) is 11.4. The summed E-state index contributed by atoms with van der Waals surface area (Å²) in [5.74, 6) is 1.93. The molecule has 2 aromatic carbocycles. The van der Waals surface area contributed by atoms with Crippen LogP contribution in [0.3, 0.4) is 0 Å². The van der Waals surface area contributed by atoms with Crippen molar-refractivity contribution >= 4 is 12.0 Å². The number of methoxy groups -OCH3 is 1. The van der Waals surface area contributed by atoms with Crippen LogP contribution in [0.4, 0.5) is 0 Å². The molecule has 1 amide bonds. The highest BCUT2D eigenvalue weighted by molar-refractivity contribution is 5.92. The van der Waals surface area contributed by atoms with E-state index < -0.39 is 0 Å². The van der Waals surface area contributed by atoms with Crippen molar-refractivity contribution in [3.63, 3.8) is 0 Å². The van der Waals surface area contributed by atoms with E-state index in [1.165, 1.54) is 0 Å². The number of hydrogen-bond acceptors (Lipinski definition) is 5. The molecule has 174 valence electrons. The third-order valence-electron chi connectivity index (χ3n) is 5.76. The summed E-state index contributed by atoms with van der Waals surface area (Å²) in [4.78, 5) is 14.9. The molecule has 6 nitrogen and oxygen atoms in total. The second-order valence-electron chi connectivity index (χ2n) is 8.04. The van der Waals surface area contributed by atoms with Crippen LogP contribution in [0.15, 0.2) is 59.1 Å². The Morgan fingerprint density at radius 1 is 1.15 bits per heavy atom. The van der Waals surface area contributed by atoms with Gasteiger partial charge in [0, 0.05) is 18.7 Å². The summed E-state index contributed by atoms with van der Waals surface area (Å²) < 4.78 is 16.6. The molecule has 0 bridgehead atoms. The van der Waals surface area contributed by atoms with E-state index in [9.17, 15) is 4.79 Å². The number of carbonyl (C=O) groups excluding carboxylic acids is 1. The van der Waals surface area contributed by atoms with Crippen molar-refractivity contribution in [2.24, 2.45) is 0 Å². The van der Waals surface area contributed by atoms with Crippen LogP contribution in [-0.2, 0) is 17.9 Å². The zero-order valence-electron chi connectivity index (χ0n) is 20.0. The van der Waals surface area contributed by atoms with Gasteiger partial charge < -0.3 is 18.9 Å². The van der Waals surface area contributed by atoms with Gasteiger partial charge in [-0.25, -0.2) is 0 Å². The van der Waals surface area contributed by atoms with Crippen LogP contribution in [0.5, 0.6) is 11.5 Å². The van der Waals surface area contributed by atoms with Gasteiger partial charge in [0.25, 0.3) is 0 Å². The van der Waals surface area contributed by atoms with Crippen molar-refractivity contribution in [3.8, 4) is 11.5 Å². The van der Waals surface area contributed by atoms with E-state index in [2.05, 4.69) is 19.0 Å². The summed E-state index contributed by atoms with van der Waals surface area (Å²) >= 11 is 0. The van der Waals surface area contributed by atoms with Crippen molar-refractivity contribution in [1.82, 2.24) is 10.1 Å². The molecule has 0 saturated heterocycles. The van der Waals surface area contributed by atoms with Gasteiger partial charge >= 0.3 is 0 Å². The summed E-state index contributed by atoms with van der Waals surface area (Å²) in [5, 5.41) is 3.95. The summed E-state index contributed by atoms with van der Waals surface area (Å²) in [6.45, 7) is 8.83. The fraction of sp³-hybridized carbons (Fsp3) is 0.333. The van der Waals surface area contributed by atoms with Gasteiger partial charge in [0.15, 0.2) is 11.5 Å². The van der Waals surface area contributed by atoms with E-state index in [0.29, 0.717) is 24.7 Å². The molecular formula is C27H32N2O4. The van der Waals surface area contributed by atoms with Crippen LogP contribution in [-0.4, -0.2) is 29.1 Å². The number of nitrogens with zero attached hydrogens (tertiary/aromatic N) is 2. The average Bonchev–Trinajstić information content (AvgIpc) is 3.16. The summed E-state index contributed by atoms with van der Waals surface area (Å²) in [5.41, 5.74) is 3.70. The molecule has 3 rings (SSSR count). The van der Waals surface area contributed by atoms with E-state index >= 15 is 0 Å². The lowest BCUT2D eigenvalue weighted by Crippen LogP contribution is -2.36. The highest BCUT2D eigenvalue weighted by Gasteiger charge is 2.17. The summed E-state index contributed by atoms with van der Waals surface area (Å²) in [6, 6.07) is 15.8. The van der Waals surface area contributed by atoms with Gasteiger partial charge in [-0.3, -0.25) is 4.79 Å². The molecule has 0 N–H and O–H groups in total. The minimum atomic E-state index is -0.0223. The van der Waals surface area contributed by atoms with Gasteiger partial charge in [0.05, 0.1) is 18.4 Å². The molecular weight excluding hydrogens is 416 g/mol. The average molecular weight is 449 g/mol. The molecule has 1 unspecified atom stereocenters. The summed E-state index contributed by atoms with van der Waals surface area (Å²) in [6.07, 6.45) is 4.31. The Kier molecular flexibility index (Phi) is 8.30. The largest absolute Gasteiger partial charge is 0.493 e. The quantitative estimate of drug-likeness (QED) is 0.371. The highest BCUT2D eigenvalue weighted by Crippen LogP contribution is 2.30. The van der Waals surface area contributed by atoms with E-state index in [0.717, 1.165) is 34.6 Å². The Labute approximate surface area is 195 Å². The Morgan fingerprint density at radius 3 is 2.55 bits per heavy atom. The predicted octanol–water partition coefficient (Wildman–Crippen LogP) is 5.72. The van der Waals surface area contributed by atoms with Gasteiger partial charge in [0.1, 0.15) is 12.4 Å². The molecule has 0 aliphatic heterocycles. The van der Waals surface area contributed by atoms with Crippen molar-refractivity contribution in [2.75, 3.05) is 7.11 Å². The lowest BCUT2D eigenvalue weighted by molar-refractivity contribution is -0.128. The Bertz CT molecular complexity index is 1070. The number of amides is 1. The molecule has 1 atom stereocenters. The van der Waals surface area contributed by atoms with Gasteiger partial charge in [-0.1, -0.05) is 48.5 Å². The normalized spacial score (nSPS) is 12.0. The zero-order valence-corrected chi connectivity index (χ0v) is 20.0. The molecule has 1 heterocycles. The van der Waals surface area contributed by atoms with Gasteiger partial charge in [-0.2, -0.15) is 0 Å². The van der Waals surface area contributed by atoms with E-state index in [4.69, 9.17) is 14.0 Å². The monoisotopic (exact) mass is 448 g/mol. The number of benzene rings is 2. The van der Waals surface area contributed by atoms with Crippen LogP contribution < -0.4 is 9.47 Å². The number of carbonyl (C=O) groups is 1. The summed E-state index contributed by atoms with van der Waals surface area (Å²) in [7, 11) is 1.60. The number of hydrogen-bond donors (Lipinski definition) is 0. The van der Waals surface area contributed by atoms with E-state index in [1.807, 2.05) is 73.4 Å². The number of aromatic nitrogens is 1. The number of aryl methyl sites for hydroxylation is 2.